The zero-order chi connectivity index (χ0) is 11.5. The molecule has 2 unspecified atom stereocenters. The predicted octanol–water partition coefficient (Wildman–Crippen LogP) is 2.81. The number of aliphatic hydroxyl groups excluding tert-OH is 2. The van der Waals surface area contributed by atoms with E-state index < -0.39 is 12.2 Å². The van der Waals surface area contributed by atoms with E-state index in [2.05, 4.69) is 15.9 Å². The second-order valence-corrected chi connectivity index (χ2v) is 4.29. The lowest BCUT2D eigenvalue weighted by Gasteiger charge is -2.16. The highest BCUT2D eigenvalue weighted by Crippen LogP contribution is 2.33. The van der Waals surface area contributed by atoms with Crippen LogP contribution < -0.4 is 0 Å². The van der Waals surface area contributed by atoms with Crippen LogP contribution in [0.15, 0.2) is 51.6 Å². The van der Waals surface area contributed by atoms with Gasteiger partial charge in [0.15, 0.2) is 0 Å². The van der Waals surface area contributed by atoms with Gasteiger partial charge in [0.1, 0.15) is 18.0 Å². The first-order valence-corrected chi connectivity index (χ1v) is 5.63. The Morgan fingerprint density at radius 2 is 1.69 bits per heavy atom. The maximum absolute atomic E-state index is 9.95. The van der Waals surface area contributed by atoms with E-state index in [4.69, 9.17) is 4.42 Å². The average molecular weight is 283 g/mol. The van der Waals surface area contributed by atoms with Crippen molar-refractivity contribution in [3.63, 3.8) is 0 Å². The summed E-state index contributed by atoms with van der Waals surface area (Å²) < 4.78 is 5.76. The van der Waals surface area contributed by atoms with Crippen LogP contribution in [0.5, 0.6) is 0 Å². The van der Waals surface area contributed by atoms with Crippen LogP contribution in [0, 0.1) is 0 Å². The minimum Gasteiger partial charge on any atom is -0.465 e. The molecule has 2 aromatic rings. The van der Waals surface area contributed by atoms with Gasteiger partial charge in [-0.1, -0.05) is 30.3 Å². The van der Waals surface area contributed by atoms with Crippen molar-refractivity contribution in [1.29, 1.82) is 0 Å². The van der Waals surface area contributed by atoms with Crippen molar-refractivity contribution in [2.24, 2.45) is 0 Å². The highest BCUT2D eigenvalue weighted by atomic mass is 79.9. The van der Waals surface area contributed by atoms with Gasteiger partial charge in [-0.2, -0.15) is 0 Å². The Morgan fingerprint density at radius 1 is 1.00 bits per heavy atom. The molecule has 1 aromatic carbocycles. The summed E-state index contributed by atoms with van der Waals surface area (Å²) in [5, 5.41) is 19.9. The van der Waals surface area contributed by atoms with E-state index >= 15 is 0 Å². The Kier molecular flexibility index (Phi) is 3.43. The fourth-order valence-electron chi connectivity index (χ4n) is 1.49. The second-order valence-electron chi connectivity index (χ2n) is 3.43. The number of aliphatic hydroxyl groups is 2. The number of halogens is 1. The Bertz CT molecular complexity index is 452. The van der Waals surface area contributed by atoms with Gasteiger partial charge in [0.25, 0.3) is 0 Å². The van der Waals surface area contributed by atoms with Crippen LogP contribution in [0.4, 0.5) is 0 Å². The van der Waals surface area contributed by atoms with Gasteiger partial charge in [-0.3, -0.25) is 0 Å². The van der Waals surface area contributed by atoms with Crippen molar-refractivity contribution in [2.45, 2.75) is 12.2 Å². The molecule has 0 aliphatic carbocycles. The van der Waals surface area contributed by atoms with Gasteiger partial charge in [-0.15, -0.1) is 0 Å². The van der Waals surface area contributed by atoms with Gasteiger partial charge in [0.2, 0.25) is 0 Å². The molecule has 3 nitrogen and oxygen atoms in total. The molecule has 0 aliphatic heterocycles. The second kappa shape index (κ2) is 4.82. The summed E-state index contributed by atoms with van der Waals surface area (Å²) in [7, 11) is 0. The number of benzene rings is 1. The lowest BCUT2D eigenvalue weighted by atomic mass is 10.0. The monoisotopic (exact) mass is 282 g/mol. The molecule has 0 amide bonds. The summed E-state index contributed by atoms with van der Waals surface area (Å²) in [5.41, 5.74) is 0.651. The highest BCUT2D eigenvalue weighted by molar-refractivity contribution is 9.10. The quantitative estimate of drug-likeness (QED) is 0.910. The summed E-state index contributed by atoms with van der Waals surface area (Å²) in [6.45, 7) is 0. The molecule has 1 aromatic heterocycles. The van der Waals surface area contributed by atoms with Gasteiger partial charge >= 0.3 is 0 Å². The Hall–Kier alpha value is -1.10. The van der Waals surface area contributed by atoms with E-state index in [1.165, 1.54) is 6.26 Å². The molecule has 2 N–H and O–H groups in total. The number of hydrogen-bond donors (Lipinski definition) is 2. The number of furan rings is 1. The first-order valence-electron chi connectivity index (χ1n) is 4.84. The van der Waals surface area contributed by atoms with Crippen LogP contribution in [0.2, 0.25) is 0 Å². The van der Waals surface area contributed by atoms with E-state index in [0.29, 0.717) is 15.8 Å². The molecule has 84 valence electrons. The van der Waals surface area contributed by atoms with Crippen LogP contribution in [-0.4, -0.2) is 10.2 Å². The Morgan fingerprint density at radius 3 is 2.25 bits per heavy atom. The van der Waals surface area contributed by atoms with Gasteiger partial charge in [0, 0.05) is 0 Å². The van der Waals surface area contributed by atoms with Gasteiger partial charge in [-0.25, -0.2) is 0 Å². The first kappa shape index (κ1) is 11.4. The topological polar surface area (TPSA) is 53.6 Å². The van der Waals surface area contributed by atoms with E-state index in [1.54, 1.807) is 18.2 Å². The minimum absolute atomic E-state index is 0.330. The molecule has 0 saturated carbocycles. The molecule has 4 heteroatoms. The third-order valence-electron chi connectivity index (χ3n) is 2.35. The van der Waals surface area contributed by atoms with Gasteiger partial charge in [-0.05, 0) is 27.6 Å². The summed E-state index contributed by atoms with van der Waals surface area (Å²) in [6, 6.07) is 10.7. The molecule has 0 saturated heterocycles. The standard InChI is InChI=1S/C12H11BrO3/c13-9-6-7-16-12(9)11(15)10(14)8-4-2-1-3-5-8/h1-7,10-11,14-15H. The fourth-order valence-corrected chi connectivity index (χ4v) is 1.93. The summed E-state index contributed by atoms with van der Waals surface area (Å²) >= 11 is 3.24. The minimum atomic E-state index is -1.08. The normalized spacial score (nSPS) is 14.7. The Balaban J connectivity index is 2.23. The van der Waals surface area contributed by atoms with Crippen LogP contribution in [0.3, 0.4) is 0 Å². The molecule has 0 radical (unpaired) electrons. The molecule has 2 atom stereocenters. The van der Waals surface area contributed by atoms with Gasteiger partial charge in [0.05, 0.1) is 10.7 Å². The largest absolute Gasteiger partial charge is 0.465 e. The molecule has 2 rings (SSSR count). The third-order valence-corrected chi connectivity index (χ3v) is 3.01. The van der Waals surface area contributed by atoms with E-state index in [1.807, 2.05) is 18.2 Å². The van der Waals surface area contributed by atoms with Crippen LogP contribution in [-0.2, 0) is 0 Å². The lowest BCUT2D eigenvalue weighted by Crippen LogP contribution is -2.09. The van der Waals surface area contributed by atoms with Crippen molar-refractivity contribution >= 4 is 15.9 Å². The van der Waals surface area contributed by atoms with Crippen molar-refractivity contribution in [2.75, 3.05) is 0 Å². The zero-order valence-electron chi connectivity index (χ0n) is 8.38. The molecule has 0 aliphatic rings. The maximum Gasteiger partial charge on any atom is 0.149 e. The summed E-state index contributed by atoms with van der Waals surface area (Å²) in [5.74, 6) is 0.330. The summed E-state index contributed by atoms with van der Waals surface area (Å²) in [4.78, 5) is 0. The van der Waals surface area contributed by atoms with E-state index in [0.717, 1.165) is 0 Å². The van der Waals surface area contributed by atoms with Gasteiger partial charge < -0.3 is 14.6 Å². The molecule has 0 fully saturated rings. The smallest absolute Gasteiger partial charge is 0.149 e. The number of rotatable bonds is 3. The molecule has 16 heavy (non-hydrogen) atoms. The predicted molar refractivity (Wildman–Crippen MR) is 62.8 cm³/mol. The van der Waals surface area contributed by atoms with Crippen molar-refractivity contribution in [3.05, 3.63) is 58.5 Å². The average Bonchev–Trinajstić information content (AvgIpc) is 2.75. The molecule has 0 bridgehead atoms. The van der Waals surface area contributed by atoms with E-state index in [9.17, 15) is 10.2 Å². The van der Waals surface area contributed by atoms with Crippen molar-refractivity contribution in [3.8, 4) is 0 Å². The number of hydrogen-bond acceptors (Lipinski definition) is 3. The zero-order valence-corrected chi connectivity index (χ0v) is 9.96. The fraction of sp³-hybridized carbons (Fsp3) is 0.167. The molecular weight excluding hydrogens is 272 g/mol. The van der Waals surface area contributed by atoms with Crippen LogP contribution in [0.1, 0.15) is 23.5 Å². The third kappa shape index (κ3) is 2.19. The lowest BCUT2D eigenvalue weighted by molar-refractivity contribution is 0.00362. The van der Waals surface area contributed by atoms with Crippen LogP contribution >= 0.6 is 15.9 Å². The molecular formula is C12H11BrO3. The maximum atomic E-state index is 9.95. The molecule has 0 spiro atoms. The molecule has 1 heterocycles. The van der Waals surface area contributed by atoms with Crippen molar-refractivity contribution in [1.82, 2.24) is 0 Å². The van der Waals surface area contributed by atoms with E-state index in [-0.39, 0.29) is 0 Å². The SMILES string of the molecule is OC(c1ccccc1)C(O)c1occc1Br. The van der Waals surface area contributed by atoms with Crippen molar-refractivity contribution < 1.29 is 14.6 Å². The summed E-state index contributed by atoms with van der Waals surface area (Å²) in [6.07, 6.45) is -0.615. The Labute approximate surface area is 101 Å². The highest BCUT2D eigenvalue weighted by Gasteiger charge is 2.24. The van der Waals surface area contributed by atoms with Crippen LogP contribution in [0.25, 0.3) is 0 Å². The first-order chi connectivity index (χ1) is 7.70.